The van der Waals surface area contributed by atoms with Crippen molar-refractivity contribution in [2.24, 2.45) is 0 Å². The predicted molar refractivity (Wildman–Crippen MR) is 89.1 cm³/mol. The summed E-state index contributed by atoms with van der Waals surface area (Å²) in [7, 11) is 0. The van der Waals surface area contributed by atoms with Gasteiger partial charge in [0.15, 0.2) is 0 Å². The summed E-state index contributed by atoms with van der Waals surface area (Å²) in [5.41, 5.74) is 3.62. The predicted octanol–water partition coefficient (Wildman–Crippen LogP) is 2.37. The lowest BCUT2D eigenvalue weighted by atomic mass is 10.1. The number of rotatable bonds is 7. The second-order valence-electron chi connectivity index (χ2n) is 5.96. The van der Waals surface area contributed by atoms with E-state index < -0.39 is 6.10 Å². The van der Waals surface area contributed by atoms with Gasteiger partial charge in [0.25, 0.3) is 0 Å². The van der Waals surface area contributed by atoms with E-state index in [4.69, 9.17) is 4.74 Å². The van der Waals surface area contributed by atoms with E-state index in [1.165, 1.54) is 16.7 Å². The largest absolute Gasteiger partial charge is 0.491 e. The molecule has 0 saturated heterocycles. The maximum Gasteiger partial charge on any atom is 0.137 e. The first-order valence-electron chi connectivity index (χ1n) is 7.82. The Morgan fingerprint density at radius 1 is 1.05 bits per heavy atom. The Kier molecular flexibility index (Phi) is 5.99. The molecular formula is C19H26NO2+. The van der Waals surface area contributed by atoms with Gasteiger partial charge in [0.2, 0.25) is 0 Å². The fraction of sp³-hybridized carbons (Fsp3) is 0.368. The van der Waals surface area contributed by atoms with Crippen LogP contribution in [0.2, 0.25) is 0 Å². The highest BCUT2D eigenvalue weighted by atomic mass is 16.5. The summed E-state index contributed by atoms with van der Waals surface area (Å²) < 4.78 is 5.70. The molecule has 0 unspecified atom stereocenters. The smallest absolute Gasteiger partial charge is 0.137 e. The molecule has 2 aromatic carbocycles. The molecule has 2 rings (SSSR count). The van der Waals surface area contributed by atoms with Gasteiger partial charge in [0, 0.05) is 5.56 Å². The Hall–Kier alpha value is -1.84. The molecule has 0 heterocycles. The van der Waals surface area contributed by atoms with Crippen molar-refractivity contribution in [1.29, 1.82) is 0 Å². The number of nitrogens with two attached hydrogens (primary N) is 1. The van der Waals surface area contributed by atoms with Gasteiger partial charge in [-0.25, -0.2) is 0 Å². The van der Waals surface area contributed by atoms with Crippen molar-refractivity contribution in [3.05, 3.63) is 65.2 Å². The minimum Gasteiger partial charge on any atom is -0.491 e. The van der Waals surface area contributed by atoms with Crippen molar-refractivity contribution in [3.8, 4) is 5.75 Å². The number of ether oxygens (including phenoxy) is 1. The zero-order valence-electron chi connectivity index (χ0n) is 13.6. The minimum atomic E-state index is -0.480. The van der Waals surface area contributed by atoms with Crippen LogP contribution in [-0.4, -0.2) is 24.4 Å². The quantitative estimate of drug-likeness (QED) is 0.824. The molecule has 3 nitrogen and oxygen atoms in total. The minimum absolute atomic E-state index is 0.320. The third kappa shape index (κ3) is 5.17. The Balaban J connectivity index is 1.77. The first kappa shape index (κ1) is 16.5. The van der Waals surface area contributed by atoms with Crippen molar-refractivity contribution in [1.82, 2.24) is 0 Å². The highest BCUT2D eigenvalue weighted by Gasteiger charge is 2.12. The monoisotopic (exact) mass is 300 g/mol. The third-order valence-corrected chi connectivity index (χ3v) is 3.72. The molecule has 0 radical (unpaired) electrons. The highest BCUT2D eigenvalue weighted by molar-refractivity contribution is 5.33. The lowest BCUT2D eigenvalue weighted by molar-refractivity contribution is -0.698. The molecule has 0 bridgehead atoms. The molecule has 2 aromatic rings. The van der Waals surface area contributed by atoms with Gasteiger partial charge >= 0.3 is 0 Å². The van der Waals surface area contributed by atoms with E-state index in [0.717, 1.165) is 5.75 Å². The number of aliphatic hydroxyl groups is 1. The van der Waals surface area contributed by atoms with Crippen LogP contribution in [0.3, 0.4) is 0 Å². The van der Waals surface area contributed by atoms with Crippen molar-refractivity contribution in [3.63, 3.8) is 0 Å². The number of aryl methyl sites for hydroxylation is 2. The van der Waals surface area contributed by atoms with Crippen molar-refractivity contribution >= 4 is 0 Å². The standard InChI is InChI=1S/C19H25NO2/c1-14-9-15(2)11-19(10-14)22-13-18(21)12-20-16(3)17-7-5-4-6-8-17/h4-11,16,18,20-21H,12-13H2,1-3H3/p+1/t16-,18-/m0/s1. The second-order valence-corrected chi connectivity index (χ2v) is 5.96. The molecule has 0 aliphatic heterocycles. The Morgan fingerprint density at radius 3 is 2.32 bits per heavy atom. The number of quaternary nitrogens is 1. The first-order valence-corrected chi connectivity index (χ1v) is 7.82. The average molecular weight is 300 g/mol. The van der Waals surface area contributed by atoms with Gasteiger partial charge in [-0.2, -0.15) is 0 Å². The molecule has 2 atom stereocenters. The lowest BCUT2D eigenvalue weighted by Crippen LogP contribution is -2.87. The van der Waals surface area contributed by atoms with Gasteiger partial charge in [0.1, 0.15) is 31.0 Å². The maximum atomic E-state index is 10.1. The molecule has 22 heavy (non-hydrogen) atoms. The van der Waals surface area contributed by atoms with E-state index in [1.807, 2.05) is 44.2 Å². The van der Waals surface area contributed by atoms with Gasteiger partial charge in [-0.1, -0.05) is 36.4 Å². The molecule has 0 amide bonds. The van der Waals surface area contributed by atoms with E-state index in [1.54, 1.807) is 0 Å². The number of aliphatic hydroxyl groups excluding tert-OH is 1. The molecule has 3 N–H and O–H groups in total. The SMILES string of the molecule is Cc1cc(C)cc(OC[C@@H](O)C[NH2+][C@@H](C)c2ccccc2)c1. The molecule has 0 aliphatic carbocycles. The summed E-state index contributed by atoms with van der Waals surface area (Å²) in [6.45, 7) is 7.19. The van der Waals surface area contributed by atoms with Crippen LogP contribution in [0, 0.1) is 13.8 Å². The molecule has 0 aliphatic rings. The zero-order chi connectivity index (χ0) is 15.9. The summed E-state index contributed by atoms with van der Waals surface area (Å²) in [5, 5.41) is 12.2. The molecule has 0 aromatic heterocycles. The van der Waals surface area contributed by atoms with Crippen LogP contribution >= 0.6 is 0 Å². The molecule has 0 spiro atoms. The van der Waals surface area contributed by atoms with Crippen LogP contribution in [0.15, 0.2) is 48.5 Å². The molecule has 0 saturated carbocycles. The van der Waals surface area contributed by atoms with E-state index in [-0.39, 0.29) is 0 Å². The summed E-state index contributed by atoms with van der Waals surface area (Å²) >= 11 is 0. The first-order chi connectivity index (χ1) is 10.5. The van der Waals surface area contributed by atoms with E-state index in [2.05, 4.69) is 30.4 Å². The number of benzene rings is 2. The number of hydrogen-bond donors (Lipinski definition) is 2. The normalized spacial score (nSPS) is 13.6. The lowest BCUT2D eigenvalue weighted by Gasteiger charge is -2.15. The van der Waals surface area contributed by atoms with Crippen LogP contribution in [0.4, 0.5) is 0 Å². The fourth-order valence-corrected chi connectivity index (χ4v) is 2.53. The van der Waals surface area contributed by atoms with E-state index in [9.17, 15) is 5.11 Å². The summed E-state index contributed by atoms with van der Waals surface area (Å²) in [4.78, 5) is 0. The third-order valence-electron chi connectivity index (χ3n) is 3.72. The van der Waals surface area contributed by atoms with Crippen molar-refractivity contribution < 1.29 is 15.2 Å². The second kappa shape index (κ2) is 7.97. The van der Waals surface area contributed by atoms with Crippen molar-refractivity contribution in [2.45, 2.75) is 32.9 Å². The zero-order valence-corrected chi connectivity index (χ0v) is 13.6. The number of hydrogen-bond acceptors (Lipinski definition) is 2. The van der Waals surface area contributed by atoms with E-state index in [0.29, 0.717) is 19.2 Å². The topological polar surface area (TPSA) is 46.1 Å². The van der Waals surface area contributed by atoms with Crippen molar-refractivity contribution in [2.75, 3.05) is 13.2 Å². The Morgan fingerprint density at radius 2 is 1.68 bits per heavy atom. The van der Waals surface area contributed by atoms with Crippen LogP contribution in [0.5, 0.6) is 5.75 Å². The summed E-state index contributed by atoms with van der Waals surface area (Å²) in [5.74, 6) is 0.827. The van der Waals surface area contributed by atoms with Crippen LogP contribution in [-0.2, 0) is 0 Å². The van der Waals surface area contributed by atoms with Gasteiger partial charge in [-0.05, 0) is 44.0 Å². The van der Waals surface area contributed by atoms with Crippen LogP contribution in [0.25, 0.3) is 0 Å². The molecule has 3 heteroatoms. The molecular weight excluding hydrogens is 274 g/mol. The molecule has 0 fully saturated rings. The van der Waals surface area contributed by atoms with Gasteiger partial charge in [-0.15, -0.1) is 0 Å². The summed E-state index contributed by atoms with van der Waals surface area (Å²) in [6.07, 6.45) is -0.480. The Labute approximate surface area is 133 Å². The van der Waals surface area contributed by atoms with Crippen LogP contribution in [0.1, 0.15) is 29.7 Å². The highest BCUT2D eigenvalue weighted by Crippen LogP contribution is 2.16. The maximum absolute atomic E-state index is 10.1. The average Bonchev–Trinajstić information content (AvgIpc) is 2.50. The van der Waals surface area contributed by atoms with Gasteiger partial charge < -0.3 is 15.2 Å². The van der Waals surface area contributed by atoms with Gasteiger partial charge in [-0.3, -0.25) is 0 Å². The van der Waals surface area contributed by atoms with Gasteiger partial charge in [0.05, 0.1) is 0 Å². The Bertz CT molecular complexity index is 563. The van der Waals surface area contributed by atoms with Crippen LogP contribution < -0.4 is 10.1 Å². The van der Waals surface area contributed by atoms with E-state index >= 15 is 0 Å². The fourth-order valence-electron chi connectivity index (χ4n) is 2.53. The molecule has 118 valence electrons. The summed E-state index contributed by atoms with van der Waals surface area (Å²) in [6, 6.07) is 16.8.